The second-order valence-electron chi connectivity index (χ2n) is 7.77. The molecule has 4 rings (SSSR count). The Morgan fingerprint density at radius 1 is 1.25 bits per heavy atom. The number of aromatic hydroxyl groups is 1. The Balaban J connectivity index is 0.000000383. The summed E-state index contributed by atoms with van der Waals surface area (Å²) in [7, 11) is 0. The van der Waals surface area contributed by atoms with Crippen molar-refractivity contribution in [3.63, 3.8) is 0 Å². The third-order valence-electron chi connectivity index (χ3n) is 6.66. The topological polar surface area (TPSA) is 104 Å². The van der Waals surface area contributed by atoms with Crippen LogP contribution in [-0.2, 0) is 6.42 Å². The molecule has 0 heterocycles. The van der Waals surface area contributed by atoms with Gasteiger partial charge in [0.15, 0.2) is 0 Å². The highest BCUT2D eigenvalue weighted by atomic mass is 16.4. The number of carboxylic acid groups (broad SMARTS) is 1. The van der Waals surface area contributed by atoms with Gasteiger partial charge in [-0.25, -0.2) is 4.79 Å². The number of phenolic OH excluding ortho intramolecular Hbond substituents is 1. The lowest BCUT2D eigenvalue weighted by molar-refractivity contribution is -0.0226. The summed E-state index contributed by atoms with van der Waals surface area (Å²) in [6.45, 7) is 2.32. The third-order valence-corrected chi connectivity index (χ3v) is 6.66. The van der Waals surface area contributed by atoms with Crippen LogP contribution in [0.1, 0.15) is 56.1 Å². The number of amides is 1. The van der Waals surface area contributed by atoms with E-state index >= 15 is 0 Å². The van der Waals surface area contributed by atoms with Crippen molar-refractivity contribution >= 4 is 6.09 Å². The molecule has 0 spiro atoms. The largest absolute Gasteiger partial charge is 0.508 e. The maximum atomic E-state index is 10.4. The lowest BCUT2D eigenvalue weighted by Gasteiger charge is -2.50. The molecule has 0 saturated heterocycles. The predicted molar refractivity (Wildman–Crippen MR) is 90.9 cm³/mol. The summed E-state index contributed by atoms with van der Waals surface area (Å²) in [5, 5.41) is 27.2. The maximum absolute atomic E-state index is 10.4. The third kappa shape index (κ3) is 2.86. The van der Waals surface area contributed by atoms with E-state index < -0.39 is 6.09 Å². The number of hydrogen-bond donors (Lipinski definition) is 4. The number of carbonyl (C=O) groups is 1. The van der Waals surface area contributed by atoms with E-state index in [1.807, 2.05) is 12.1 Å². The molecule has 3 aliphatic rings. The van der Waals surface area contributed by atoms with Crippen LogP contribution in [-0.4, -0.2) is 27.5 Å². The van der Waals surface area contributed by atoms with Crippen LogP contribution in [0.5, 0.6) is 5.75 Å². The summed E-state index contributed by atoms with van der Waals surface area (Å²) in [6, 6.07) is 5.96. The molecule has 5 atom stereocenters. The molecule has 24 heavy (non-hydrogen) atoms. The SMILES string of the molecule is C[C@]12CC[C@@H]3c4ccc(O)cc4CC[C@H]3[C@@H]1CC[C@@H]2O.NC(=O)O. The summed E-state index contributed by atoms with van der Waals surface area (Å²) >= 11 is 0. The second kappa shape index (κ2) is 6.28. The van der Waals surface area contributed by atoms with Crippen molar-refractivity contribution in [2.24, 2.45) is 23.0 Å². The Kier molecular flexibility index (Phi) is 4.47. The molecule has 2 fully saturated rings. The second-order valence-corrected chi connectivity index (χ2v) is 7.77. The fourth-order valence-electron chi connectivity index (χ4n) is 5.54. The van der Waals surface area contributed by atoms with E-state index in [0.717, 1.165) is 25.2 Å². The molecular weight excluding hydrogens is 306 g/mol. The zero-order valence-electron chi connectivity index (χ0n) is 14.1. The molecule has 1 aromatic rings. The van der Waals surface area contributed by atoms with Gasteiger partial charge in [0.1, 0.15) is 5.75 Å². The van der Waals surface area contributed by atoms with Crippen molar-refractivity contribution in [3.8, 4) is 5.75 Å². The van der Waals surface area contributed by atoms with E-state index in [-0.39, 0.29) is 11.5 Å². The molecule has 1 amide bonds. The van der Waals surface area contributed by atoms with E-state index in [4.69, 9.17) is 9.90 Å². The Morgan fingerprint density at radius 3 is 2.67 bits per heavy atom. The van der Waals surface area contributed by atoms with Crippen molar-refractivity contribution in [2.75, 3.05) is 0 Å². The van der Waals surface area contributed by atoms with E-state index in [1.54, 1.807) is 0 Å². The molecule has 5 heteroatoms. The first-order valence-electron chi connectivity index (χ1n) is 8.81. The molecule has 0 radical (unpaired) electrons. The summed E-state index contributed by atoms with van der Waals surface area (Å²) in [4.78, 5) is 8.78. The number of aryl methyl sites for hydroxylation is 1. The first kappa shape index (κ1) is 17.1. The van der Waals surface area contributed by atoms with E-state index in [2.05, 4.69) is 18.7 Å². The van der Waals surface area contributed by atoms with Gasteiger partial charge in [0.2, 0.25) is 0 Å². The van der Waals surface area contributed by atoms with Gasteiger partial charge in [-0.15, -0.1) is 0 Å². The van der Waals surface area contributed by atoms with Crippen molar-refractivity contribution < 1.29 is 20.1 Å². The van der Waals surface area contributed by atoms with Gasteiger partial charge in [-0.3, -0.25) is 0 Å². The monoisotopic (exact) mass is 333 g/mol. The summed E-state index contributed by atoms with van der Waals surface area (Å²) in [5.74, 6) is 2.49. The lowest BCUT2D eigenvalue weighted by Crippen LogP contribution is -2.43. The molecule has 2 saturated carbocycles. The number of aliphatic hydroxyl groups is 1. The van der Waals surface area contributed by atoms with Crippen LogP contribution in [0.2, 0.25) is 0 Å². The number of aliphatic hydroxyl groups excluding tert-OH is 1. The van der Waals surface area contributed by atoms with Crippen LogP contribution in [0.15, 0.2) is 18.2 Å². The molecule has 5 nitrogen and oxygen atoms in total. The van der Waals surface area contributed by atoms with Crippen molar-refractivity contribution in [1.82, 2.24) is 0 Å². The highest BCUT2D eigenvalue weighted by Crippen LogP contribution is 2.60. The van der Waals surface area contributed by atoms with Gasteiger partial charge in [0.25, 0.3) is 0 Å². The molecule has 0 bridgehead atoms. The highest BCUT2D eigenvalue weighted by molar-refractivity contribution is 5.61. The number of phenols is 1. The minimum absolute atomic E-state index is 0.0883. The van der Waals surface area contributed by atoms with Gasteiger partial charge >= 0.3 is 6.09 Å². The van der Waals surface area contributed by atoms with Crippen LogP contribution >= 0.6 is 0 Å². The number of fused-ring (bicyclic) bond motifs is 5. The summed E-state index contributed by atoms with van der Waals surface area (Å²) in [5.41, 5.74) is 7.02. The minimum Gasteiger partial charge on any atom is -0.508 e. The molecule has 132 valence electrons. The fourth-order valence-corrected chi connectivity index (χ4v) is 5.54. The zero-order valence-corrected chi connectivity index (χ0v) is 14.1. The summed E-state index contributed by atoms with van der Waals surface area (Å²) < 4.78 is 0. The van der Waals surface area contributed by atoms with Crippen molar-refractivity contribution in [2.45, 2.75) is 57.5 Å². The molecule has 0 aromatic heterocycles. The Hall–Kier alpha value is -1.75. The lowest BCUT2D eigenvalue weighted by atomic mass is 9.55. The Morgan fingerprint density at radius 2 is 1.96 bits per heavy atom. The van der Waals surface area contributed by atoms with Gasteiger partial charge in [0, 0.05) is 0 Å². The number of nitrogens with two attached hydrogens (primary N) is 1. The number of rotatable bonds is 0. The molecule has 0 unspecified atom stereocenters. The van der Waals surface area contributed by atoms with Gasteiger partial charge < -0.3 is 21.1 Å². The van der Waals surface area contributed by atoms with Crippen LogP contribution in [0.25, 0.3) is 0 Å². The predicted octanol–water partition coefficient (Wildman–Crippen LogP) is 3.23. The normalized spacial score (nSPS) is 36.6. The molecule has 5 N–H and O–H groups in total. The maximum Gasteiger partial charge on any atom is 0.402 e. The smallest absolute Gasteiger partial charge is 0.402 e. The van der Waals surface area contributed by atoms with Gasteiger partial charge in [-0.05, 0) is 85.0 Å². The zero-order chi connectivity index (χ0) is 17.5. The quantitative estimate of drug-likeness (QED) is 0.585. The average Bonchev–Trinajstić information content (AvgIpc) is 2.82. The van der Waals surface area contributed by atoms with Crippen LogP contribution < -0.4 is 5.73 Å². The van der Waals surface area contributed by atoms with Crippen molar-refractivity contribution in [3.05, 3.63) is 29.3 Å². The van der Waals surface area contributed by atoms with E-state index in [1.165, 1.54) is 30.4 Å². The van der Waals surface area contributed by atoms with Crippen molar-refractivity contribution in [1.29, 1.82) is 0 Å². The molecular formula is C19H27NO4. The summed E-state index contributed by atoms with van der Waals surface area (Å²) in [6.07, 6.45) is 5.45. The van der Waals surface area contributed by atoms with Crippen LogP contribution in [0.3, 0.4) is 0 Å². The molecule has 0 aliphatic heterocycles. The van der Waals surface area contributed by atoms with Gasteiger partial charge in [-0.2, -0.15) is 0 Å². The Bertz CT molecular complexity index is 628. The Labute approximate surface area is 142 Å². The number of primary amides is 1. The number of benzene rings is 1. The van der Waals surface area contributed by atoms with Crippen LogP contribution in [0.4, 0.5) is 4.79 Å². The van der Waals surface area contributed by atoms with Crippen LogP contribution in [0, 0.1) is 17.3 Å². The standard InChI is InChI=1S/C18H24O2.CH3NO2/c1-18-9-8-14-13-5-3-12(19)10-11(13)2-4-15(14)16(18)6-7-17(18)20;2-1(3)4/h3,5,10,14-17,19-20H,2,4,6-9H2,1H3;2H2,(H,3,4)/t14-,15-,16+,17+,18+;/m1./s1. The highest BCUT2D eigenvalue weighted by Gasteiger charge is 2.54. The number of hydrogen-bond acceptors (Lipinski definition) is 3. The molecule has 3 aliphatic carbocycles. The van der Waals surface area contributed by atoms with Gasteiger partial charge in [0.05, 0.1) is 6.10 Å². The first-order chi connectivity index (χ1) is 11.3. The average molecular weight is 333 g/mol. The fraction of sp³-hybridized carbons (Fsp3) is 0.632. The van der Waals surface area contributed by atoms with E-state index in [9.17, 15) is 10.2 Å². The minimum atomic E-state index is -1.33. The molecule has 1 aromatic carbocycles. The van der Waals surface area contributed by atoms with E-state index in [0.29, 0.717) is 17.6 Å². The van der Waals surface area contributed by atoms with Gasteiger partial charge in [-0.1, -0.05) is 13.0 Å². The first-order valence-corrected chi connectivity index (χ1v) is 8.81.